The summed E-state index contributed by atoms with van der Waals surface area (Å²) in [5.41, 5.74) is -0.254. The molecule has 27 heavy (non-hydrogen) atoms. The third kappa shape index (κ3) is 3.13. The van der Waals surface area contributed by atoms with Gasteiger partial charge in [-0.1, -0.05) is 19.3 Å². The van der Waals surface area contributed by atoms with Crippen LogP contribution in [0.3, 0.4) is 0 Å². The Morgan fingerprint density at radius 3 is 2.78 bits per heavy atom. The van der Waals surface area contributed by atoms with Crippen LogP contribution in [0.1, 0.15) is 61.1 Å². The number of nitrogens with zero attached hydrogens (tertiary/aromatic N) is 4. The van der Waals surface area contributed by atoms with E-state index < -0.39 is 17.5 Å². The van der Waals surface area contributed by atoms with E-state index in [-0.39, 0.29) is 16.9 Å². The average molecular weight is 374 g/mol. The van der Waals surface area contributed by atoms with Gasteiger partial charge >= 0.3 is 0 Å². The molecular weight excluding hydrogens is 350 g/mol. The van der Waals surface area contributed by atoms with E-state index in [9.17, 15) is 13.6 Å². The molecule has 1 atom stereocenters. The van der Waals surface area contributed by atoms with Gasteiger partial charge in [-0.3, -0.25) is 4.79 Å². The van der Waals surface area contributed by atoms with Crippen molar-refractivity contribution in [1.82, 2.24) is 19.7 Å². The molecule has 1 unspecified atom stereocenters. The molecule has 1 saturated carbocycles. The maximum Gasteiger partial charge on any atom is 0.256 e. The molecule has 1 amide bonds. The highest BCUT2D eigenvalue weighted by Gasteiger charge is 2.50. The monoisotopic (exact) mass is 374 g/mol. The minimum Gasteiger partial charge on any atom is -0.337 e. The normalized spacial score (nSPS) is 21.7. The lowest BCUT2D eigenvalue weighted by Crippen LogP contribution is -2.35. The fraction of sp³-hybridized carbons (Fsp3) is 0.550. The highest BCUT2D eigenvalue weighted by Crippen LogP contribution is 2.51. The van der Waals surface area contributed by atoms with Crippen molar-refractivity contribution in [2.45, 2.75) is 51.5 Å². The van der Waals surface area contributed by atoms with Gasteiger partial charge in [-0.25, -0.2) is 8.78 Å². The number of likely N-dealkylation sites (tertiary alicyclic amines) is 1. The average Bonchev–Trinajstić information content (AvgIpc) is 3.28. The van der Waals surface area contributed by atoms with Gasteiger partial charge in [0.25, 0.3) is 5.91 Å². The molecule has 1 spiro atoms. The zero-order chi connectivity index (χ0) is 19.0. The van der Waals surface area contributed by atoms with Crippen molar-refractivity contribution in [2.75, 3.05) is 13.1 Å². The molecule has 2 fully saturated rings. The van der Waals surface area contributed by atoms with E-state index in [1.54, 1.807) is 11.2 Å². The Bertz CT molecular complexity index is 844. The molecule has 2 heterocycles. The van der Waals surface area contributed by atoms with Gasteiger partial charge in [0.15, 0.2) is 0 Å². The summed E-state index contributed by atoms with van der Waals surface area (Å²) in [5.74, 6) is -0.759. The highest BCUT2D eigenvalue weighted by molar-refractivity contribution is 5.94. The van der Waals surface area contributed by atoms with Crippen LogP contribution in [0.5, 0.6) is 0 Å². The van der Waals surface area contributed by atoms with Gasteiger partial charge in [0.2, 0.25) is 0 Å². The Hall–Kier alpha value is -2.31. The molecule has 1 aliphatic heterocycles. The number of carbonyl (C=O) groups is 1. The fourth-order valence-corrected chi connectivity index (χ4v) is 4.85. The van der Waals surface area contributed by atoms with Crippen LogP contribution in [0.25, 0.3) is 0 Å². The van der Waals surface area contributed by atoms with Gasteiger partial charge in [-0.05, 0) is 43.4 Å². The van der Waals surface area contributed by atoms with Crippen molar-refractivity contribution in [2.24, 2.45) is 5.41 Å². The molecular formula is C20H24F2N4O. The van der Waals surface area contributed by atoms with Crippen LogP contribution in [0, 0.1) is 17.0 Å². The zero-order valence-electron chi connectivity index (χ0n) is 15.5. The van der Waals surface area contributed by atoms with Gasteiger partial charge in [0.1, 0.15) is 23.8 Å². The lowest BCUT2D eigenvalue weighted by Gasteiger charge is -2.37. The van der Waals surface area contributed by atoms with Crippen LogP contribution in [0.4, 0.5) is 8.78 Å². The molecule has 0 N–H and O–H groups in total. The molecule has 5 nitrogen and oxygen atoms in total. The van der Waals surface area contributed by atoms with Crippen LogP contribution in [0.15, 0.2) is 24.5 Å². The summed E-state index contributed by atoms with van der Waals surface area (Å²) in [6, 6.07) is 3.04. The van der Waals surface area contributed by atoms with E-state index in [0.29, 0.717) is 13.1 Å². The minimum atomic E-state index is -0.681. The van der Waals surface area contributed by atoms with E-state index >= 15 is 0 Å². The number of halogens is 2. The molecule has 1 saturated heterocycles. The first-order chi connectivity index (χ1) is 13.0. The number of hydrogen-bond acceptors (Lipinski definition) is 3. The van der Waals surface area contributed by atoms with Crippen molar-refractivity contribution in [3.05, 3.63) is 47.5 Å². The van der Waals surface area contributed by atoms with Crippen molar-refractivity contribution in [3.8, 4) is 0 Å². The smallest absolute Gasteiger partial charge is 0.256 e. The maximum absolute atomic E-state index is 14.2. The molecule has 2 aromatic rings. The summed E-state index contributed by atoms with van der Waals surface area (Å²) >= 11 is 0. The summed E-state index contributed by atoms with van der Waals surface area (Å²) in [6.07, 6.45) is 7.19. The summed E-state index contributed by atoms with van der Waals surface area (Å²) in [5, 5.41) is 8.43. The van der Waals surface area contributed by atoms with Crippen molar-refractivity contribution in [3.63, 3.8) is 0 Å². The molecule has 144 valence electrons. The van der Waals surface area contributed by atoms with E-state index in [4.69, 9.17) is 0 Å². The number of rotatable bonds is 3. The molecule has 1 aromatic heterocycles. The Morgan fingerprint density at radius 1 is 1.26 bits per heavy atom. The summed E-state index contributed by atoms with van der Waals surface area (Å²) < 4.78 is 29.8. The first-order valence-corrected chi connectivity index (χ1v) is 9.66. The van der Waals surface area contributed by atoms with E-state index in [2.05, 4.69) is 10.2 Å². The molecule has 1 aliphatic carbocycles. The van der Waals surface area contributed by atoms with Gasteiger partial charge in [0, 0.05) is 25.6 Å². The van der Waals surface area contributed by atoms with Crippen LogP contribution in [0.2, 0.25) is 0 Å². The Balaban J connectivity index is 1.68. The predicted octanol–water partition coefficient (Wildman–Crippen LogP) is 3.77. The first kappa shape index (κ1) is 18.1. The lowest BCUT2D eigenvalue weighted by atomic mass is 9.67. The fourth-order valence-electron chi connectivity index (χ4n) is 4.85. The van der Waals surface area contributed by atoms with Gasteiger partial charge in [0.05, 0.1) is 5.56 Å². The maximum atomic E-state index is 14.2. The number of aromatic nitrogens is 3. The van der Waals surface area contributed by atoms with Crippen LogP contribution >= 0.6 is 0 Å². The largest absolute Gasteiger partial charge is 0.337 e. The molecule has 0 bridgehead atoms. The van der Waals surface area contributed by atoms with Crippen molar-refractivity contribution >= 4 is 5.91 Å². The molecule has 2 aliphatic rings. The minimum absolute atomic E-state index is 0.0579. The number of carbonyl (C=O) groups excluding carboxylic acids is 1. The van der Waals surface area contributed by atoms with Gasteiger partial charge in [-0.2, -0.15) is 0 Å². The van der Waals surface area contributed by atoms with Crippen LogP contribution in [-0.4, -0.2) is 38.7 Å². The van der Waals surface area contributed by atoms with Crippen molar-refractivity contribution < 1.29 is 13.6 Å². The molecule has 1 aromatic carbocycles. The number of amides is 1. The first-order valence-electron chi connectivity index (χ1n) is 9.66. The second-order valence-corrected chi connectivity index (χ2v) is 7.76. The third-order valence-corrected chi connectivity index (χ3v) is 6.24. The molecule has 7 heteroatoms. The Morgan fingerprint density at radius 2 is 2.04 bits per heavy atom. The van der Waals surface area contributed by atoms with Gasteiger partial charge < -0.3 is 9.47 Å². The lowest BCUT2D eigenvalue weighted by molar-refractivity contribution is 0.0753. The number of benzene rings is 1. The standard InChI is InChI=1S/C20H24F2N4O/c1-2-25-13-23-24-18(25)16-11-26(12-20(16)8-4-3-5-9-20)19(27)15-10-14(21)6-7-17(15)22/h6-7,10,13,16H,2-5,8-9,11-12H2,1H3. The van der Waals surface area contributed by atoms with Gasteiger partial charge in [-0.15, -0.1) is 10.2 Å². The second-order valence-electron chi connectivity index (χ2n) is 7.76. The SMILES string of the molecule is CCn1cnnc1C1CN(C(=O)c2cc(F)ccc2F)CC12CCCCC2. The second kappa shape index (κ2) is 7.02. The summed E-state index contributed by atoms with van der Waals surface area (Å²) in [7, 11) is 0. The predicted molar refractivity (Wildman–Crippen MR) is 96.2 cm³/mol. The Kier molecular flexibility index (Phi) is 4.70. The number of hydrogen-bond donors (Lipinski definition) is 0. The number of aryl methyl sites for hydroxylation is 1. The van der Waals surface area contributed by atoms with Crippen LogP contribution < -0.4 is 0 Å². The van der Waals surface area contributed by atoms with E-state index in [0.717, 1.165) is 56.3 Å². The summed E-state index contributed by atoms with van der Waals surface area (Å²) in [6.45, 7) is 3.83. The molecule has 0 radical (unpaired) electrons. The third-order valence-electron chi connectivity index (χ3n) is 6.24. The van der Waals surface area contributed by atoms with E-state index in [1.807, 2.05) is 11.5 Å². The van der Waals surface area contributed by atoms with Crippen LogP contribution in [-0.2, 0) is 6.54 Å². The highest BCUT2D eigenvalue weighted by atomic mass is 19.1. The topological polar surface area (TPSA) is 51.0 Å². The summed E-state index contributed by atoms with van der Waals surface area (Å²) in [4.78, 5) is 14.7. The van der Waals surface area contributed by atoms with Crippen molar-refractivity contribution in [1.29, 1.82) is 0 Å². The molecule has 4 rings (SSSR count). The van der Waals surface area contributed by atoms with E-state index in [1.165, 1.54) is 6.42 Å². The zero-order valence-corrected chi connectivity index (χ0v) is 15.5. The Labute approximate surface area is 157 Å². The quantitative estimate of drug-likeness (QED) is 0.822.